The van der Waals surface area contributed by atoms with Crippen LogP contribution in [0.2, 0.25) is 5.02 Å². The van der Waals surface area contributed by atoms with Crippen LogP contribution in [0, 0.1) is 0 Å². The van der Waals surface area contributed by atoms with Crippen LogP contribution < -0.4 is 9.47 Å². The summed E-state index contributed by atoms with van der Waals surface area (Å²) in [4.78, 5) is 7.73. The van der Waals surface area contributed by atoms with Crippen molar-refractivity contribution in [1.82, 2.24) is 9.97 Å². The topological polar surface area (TPSA) is 64.5 Å². The first kappa shape index (κ1) is 13.6. The molecule has 0 saturated carbocycles. The van der Waals surface area contributed by atoms with Crippen LogP contribution in [0.25, 0.3) is 0 Å². The molecule has 1 heterocycles. The molecule has 0 saturated heterocycles. The van der Waals surface area contributed by atoms with Crippen molar-refractivity contribution in [2.24, 2.45) is 0 Å². The van der Waals surface area contributed by atoms with Gasteiger partial charge in [0.05, 0.1) is 19.2 Å². The summed E-state index contributed by atoms with van der Waals surface area (Å²) in [6.07, 6.45) is 3.54. The molecule has 0 bridgehead atoms. The second kappa shape index (κ2) is 5.86. The minimum Gasteiger partial charge on any atom is -0.493 e. The van der Waals surface area contributed by atoms with Crippen molar-refractivity contribution in [3.8, 4) is 11.5 Å². The highest BCUT2D eigenvalue weighted by Gasteiger charge is 2.20. The van der Waals surface area contributed by atoms with Crippen LogP contribution in [-0.4, -0.2) is 29.3 Å². The Bertz CT molecular complexity index is 563. The van der Waals surface area contributed by atoms with E-state index >= 15 is 0 Å². The second-order valence-corrected chi connectivity index (χ2v) is 4.16. The SMILES string of the molecule is COc1ccc(C(O)c2cncnc2)c(Cl)c1OC. The van der Waals surface area contributed by atoms with Crippen LogP contribution in [0.3, 0.4) is 0 Å². The molecule has 0 aliphatic heterocycles. The summed E-state index contributed by atoms with van der Waals surface area (Å²) in [6.45, 7) is 0. The first-order valence-electron chi connectivity index (χ1n) is 5.52. The number of rotatable bonds is 4. The van der Waals surface area contributed by atoms with Gasteiger partial charge in [-0.25, -0.2) is 9.97 Å². The van der Waals surface area contributed by atoms with Gasteiger partial charge in [0.15, 0.2) is 11.5 Å². The van der Waals surface area contributed by atoms with Gasteiger partial charge in [0.2, 0.25) is 0 Å². The lowest BCUT2D eigenvalue weighted by molar-refractivity contribution is 0.218. The third-order valence-corrected chi connectivity index (χ3v) is 3.10. The van der Waals surface area contributed by atoms with E-state index in [1.807, 2.05) is 0 Å². The largest absolute Gasteiger partial charge is 0.493 e. The molecule has 6 heteroatoms. The Morgan fingerprint density at radius 3 is 2.42 bits per heavy atom. The van der Waals surface area contributed by atoms with Crippen LogP contribution in [-0.2, 0) is 0 Å². The number of halogens is 1. The summed E-state index contributed by atoms with van der Waals surface area (Å²) in [7, 11) is 3.01. The van der Waals surface area contributed by atoms with E-state index in [2.05, 4.69) is 9.97 Å². The van der Waals surface area contributed by atoms with Crippen molar-refractivity contribution >= 4 is 11.6 Å². The zero-order valence-corrected chi connectivity index (χ0v) is 11.3. The van der Waals surface area contributed by atoms with Gasteiger partial charge in [-0.3, -0.25) is 0 Å². The summed E-state index contributed by atoms with van der Waals surface area (Å²) in [5, 5.41) is 10.6. The number of benzene rings is 1. The molecule has 2 rings (SSSR count). The van der Waals surface area contributed by atoms with Gasteiger partial charge in [0, 0.05) is 23.5 Å². The molecular weight excluding hydrogens is 268 g/mol. The lowest BCUT2D eigenvalue weighted by Crippen LogP contribution is -2.03. The maximum atomic E-state index is 10.3. The number of aromatic nitrogens is 2. The maximum Gasteiger partial charge on any atom is 0.179 e. The lowest BCUT2D eigenvalue weighted by atomic mass is 10.0. The average Bonchev–Trinajstić information content (AvgIpc) is 2.47. The normalized spacial score (nSPS) is 12.0. The fraction of sp³-hybridized carbons (Fsp3) is 0.231. The van der Waals surface area contributed by atoms with Gasteiger partial charge in [-0.05, 0) is 6.07 Å². The smallest absolute Gasteiger partial charge is 0.179 e. The summed E-state index contributed by atoms with van der Waals surface area (Å²) >= 11 is 6.23. The van der Waals surface area contributed by atoms with Gasteiger partial charge in [0.25, 0.3) is 0 Å². The summed E-state index contributed by atoms with van der Waals surface area (Å²) in [5.41, 5.74) is 1.06. The third-order valence-electron chi connectivity index (χ3n) is 2.71. The standard InChI is InChI=1S/C13H13ClN2O3/c1-18-10-4-3-9(11(14)13(10)19-2)12(17)8-5-15-7-16-6-8/h3-7,12,17H,1-2H3. The zero-order chi connectivity index (χ0) is 13.8. The monoisotopic (exact) mass is 280 g/mol. The first-order chi connectivity index (χ1) is 9.19. The molecule has 2 aromatic rings. The van der Waals surface area contributed by atoms with Crippen molar-refractivity contribution < 1.29 is 14.6 Å². The van der Waals surface area contributed by atoms with E-state index in [4.69, 9.17) is 21.1 Å². The van der Waals surface area contributed by atoms with Crippen LogP contribution in [0.4, 0.5) is 0 Å². The molecule has 19 heavy (non-hydrogen) atoms. The van der Waals surface area contributed by atoms with E-state index in [0.717, 1.165) is 0 Å². The summed E-state index contributed by atoms with van der Waals surface area (Å²) < 4.78 is 10.3. The van der Waals surface area contributed by atoms with Crippen LogP contribution >= 0.6 is 11.6 Å². The molecule has 0 fully saturated rings. The van der Waals surface area contributed by atoms with Crippen molar-refractivity contribution in [2.45, 2.75) is 6.10 Å². The van der Waals surface area contributed by atoms with Crippen LogP contribution in [0.1, 0.15) is 17.2 Å². The van der Waals surface area contributed by atoms with Gasteiger partial charge < -0.3 is 14.6 Å². The minimum atomic E-state index is -0.923. The predicted molar refractivity (Wildman–Crippen MR) is 70.6 cm³/mol. The number of nitrogens with zero attached hydrogens (tertiary/aromatic N) is 2. The minimum absolute atomic E-state index is 0.304. The Labute approximate surface area is 115 Å². The maximum absolute atomic E-state index is 10.3. The first-order valence-corrected chi connectivity index (χ1v) is 5.90. The Kier molecular flexibility index (Phi) is 4.19. The molecule has 0 aliphatic rings. The van der Waals surface area contributed by atoms with Gasteiger partial charge >= 0.3 is 0 Å². The van der Waals surface area contributed by atoms with E-state index in [9.17, 15) is 5.11 Å². The van der Waals surface area contributed by atoms with Crippen molar-refractivity contribution in [2.75, 3.05) is 14.2 Å². The molecule has 100 valence electrons. The summed E-state index contributed by atoms with van der Waals surface area (Å²) in [6, 6.07) is 3.37. The molecule has 0 amide bonds. The van der Waals surface area contributed by atoms with Crippen LogP contribution in [0.15, 0.2) is 30.9 Å². The molecular formula is C13H13ClN2O3. The van der Waals surface area contributed by atoms with Gasteiger partial charge in [0.1, 0.15) is 12.4 Å². The molecule has 5 nitrogen and oxygen atoms in total. The Balaban J connectivity index is 2.46. The number of ether oxygens (including phenoxy) is 2. The number of aliphatic hydroxyl groups excluding tert-OH is 1. The van der Waals surface area contributed by atoms with E-state index in [-0.39, 0.29) is 0 Å². The van der Waals surface area contributed by atoms with Gasteiger partial charge in [-0.15, -0.1) is 0 Å². The number of hydrogen-bond acceptors (Lipinski definition) is 5. The molecule has 1 aromatic heterocycles. The van der Waals surface area contributed by atoms with Crippen molar-refractivity contribution in [3.05, 3.63) is 47.0 Å². The fourth-order valence-corrected chi connectivity index (χ4v) is 2.08. The second-order valence-electron chi connectivity index (χ2n) is 3.78. The van der Waals surface area contributed by atoms with Gasteiger partial charge in [-0.1, -0.05) is 17.7 Å². The highest BCUT2D eigenvalue weighted by molar-refractivity contribution is 6.33. The predicted octanol–water partition coefficient (Wildman–Crippen LogP) is 2.23. The molecule has 0 aliphatic carbocycles. The van der Waals surface area contributed by atoms with Crippen molar-refractivity contribution in [1.29, 1.82) is 0 Å². The molecule has 1 aromatic carbocycles. The molecule has 1 unspecified atom stereocenters. The zero-order valence-electron chi connectivity index (χ0n) is 10.5. The average molecular weight is 281 g/mol. The number of aliphatic hydroxyl groups is 1. The van der Waals surface area contributed by atoms with E-state index < -0.39 is 6.10 Å². The number of hydrogen-bond donors (Lipinski definition) is 1. The van der Waals surface area contributed by atoms with E-state index in [1.165, 1.54) is 32.9 Å². The van der Waals surface area contributed by atoms with E-state index in [1.54, 1.807) is 12.1 Å². The van der Waals surface area contributed by atoms with E-state index in [0.29, 0.717) is 27.6 Å². The van der Waals surface area contributed by atoms with Gasteiger partial charge in [-0.2, -0.15) is 0 Å². The Morgan fingerprint density at radius 2 is 1.84 bits per heavy atom. The molecule has 0 radical (unpaired) electrons. The molecule has 1 atom stereocenters. The highest BCUT2D eigenvalue weighted by Crippen LogP contribution is 2.40. The van der Waals surface area contributed by atoms with Crippen molar-refractivity contribution in [3.63, 3.8) is 0 Å². The quantitative estimate of drug-likeness (QED) is 0.930. The molecule has 0 spiro atoms. The highest BCUT2D eigenvalue weighted by atomic mass is 35.5. The summed E-state index contributed by atoms with van der Waals surface area (Å²) in [5.74, 6) is 0.894. The Hall–Kier alpha value is -1.85. The fourth-order valence-electron chi connectivity index (χ4n) is 1.75. The Morgan fingerprint density at radius 1 is 1.16 bits per heavy atom. The lowest BCUT2D eigenvalue weighted by Gasteiger charge is -2.16. The molecule has 1 N–H and O–H groups in total. The number of methoxy groups -OCH3 is 2. The third kappa shape index (κ3) is 2.62. The van der Waals surface area contributed by atoms with Crippen LogP contribution in [0.5, 0.6) is 11.5 Å².